The van der Waals surface area contributed by atoms with Crippen molar-refractivity contribution in [2.75, 3.05) is 37.7 Å². The fraction of sp³-hybridized carbons (Fsp3) is 0.520. The van der Waals surface area contributed by atoms with Crippen LogP contribution >= 0.6 is 0 Å². The van der Waals surface area contributed by atoms with Gasteiger partial charge in [0.2, 0.25) is 5.95 Å². The topological polar surface area (TPSA) is 166 Å². The second kappa shape index (κ2) is 17.4. The van der Waals surface area contributed by atoms with Gasteiger partial charge in [-0.15, -0.1) is 0 Å². The van der Waals surface area contributed by atoms with Gasteiger partial charge in [-0.2, -0.15) is 39.5 Å². The summed E-state index contributed by atoms with van der Waals surface area (Å²) in [4.78, 5) is 44.5. The molecule has 3 N–H and O–H groups in total. The molecule has 0 aromatic carbocycles. The van der Waals surface area contributed by atoms with E-state index >= 15 is 0 Å². The molecule has 0 saturated carbocycles. The molecule has 0 amide bonds. The summed E-state index contributed by atoms with van der Waals surface area (Å²) in [5.74, 6) is -7.44. The molecule has 0 aliphatic carbocycles. The highest BCUT2D eigenvalue weighted by molar-refractivity contribution is 5.73. The lowest BCUT2D eigenvalue weighted by atomic mass is 9.92. The van der Waals surface area contributed by atoms with Crippen molar-refractivity contribution >= 4 is 23.9 Å². The molecule has 2 aromatic rings. The molecule has 2 fully saturated rings. The van der Waals surface area contributed by atoms with Crippen molar-refractivity contribution in [3.05, 3.63) is 48.5 Å². The summed E-state index contributed by atoms with van der Waals surface area (Å²) >= 11 is 0. The number of halogens is 9. The van der Waals surface area contributed by atoms with Crippen LogP contribution < -0.4 is 4.90 Å². The van der Waals surface area contributed by atoms with E-state index in [0.29, 0.717) is 0 Å². The lowest BCUT2D eigenvalue weighted by Crippen LogP contribution is -2.51. The number of nitrogens with zero attached hydrogens (tertiary/aromatic N) is 5. The second-order valence-corrected chi connectivity index (χ2v) is 9.40. The van der Waals surface area contributed by atoms with Crippen molar-refractivity contribution < 1.29 is 74.0 Å². The molecule has 46 heavy (non-hydrogen) atoms. The van der Waals surface area contributed by atoms with Gasteiger partial charge in [0.05, 0.1) is 12.2 Å². The van der Waals surface area contributed by atoms with Crippen LogP contribution in [0.2, 0.25) is 0 Å². The van der Waals surface area contributed by atoms with Crippen molar-refractivity contribution in [2.45, 2.75) is 49.9 Å². The van der Waals surface area contributed by atoms with Gasteiger partial charge in [0.15, 0.2) is 0 Å². The third-order valence-electron chi connectivity index (χ3n) is 5.92. The van der Waals surface area contributed by atoms with Gasteiger partial charge in [-0.3, -0.25) is 9.88 Å². The van der Waals surface area contributed by atoms with E-state index in [1.807, 2.05) is 36.9 Å². The molecule has 2 aliphatic heterocycles. The molecule has 4 heterocycles. The van der Waals surface area contributed by atoms with Crippen molar-refractivity contribution in [1.82, 2.24) is 19.9 Å². The Kier molecular flexibility index (Phi) is 15.1. The maximum absolute atomic E-state index is 10.6. The van der Waals surface area contributed by atoms with Crippen LogP contribution in [0.1, 0.15) is 24.8 Å². The first kappa shape index (κ1) is 39.8. The van der Waals surface area contributed by atoms with Gasteiger partial charge < -0.3 is 25.0 Å². The summed E-state index contributed by atoms with van der Waals surface area (Å²) in [6.45, 7) is 5.68. The van der Waals surface area contributed by atoms with Crippen LogP contribution in [0.3, 0.4) is 0 Å². The number of pyridine rings is 1. The van der Waals surface area contributed by atoms with E-state index in [4.69, 9.17) is 34.4 Å². The van der Waals surface area contributed by atoms with Crippen LogP contribution in [-0.2, 0) is 25.7 Å². The first-order valence-corrected chi connectivity index (χ1v) is 12.8. The van der Waals surface area contributed by atoms with E-state index in [1.54, 1.807) is 0 Å². The number of carbonyl (C=O) groups is 3. The highest BCUT2D eigenvalue weighted by Gasteiger charge is 2.40. The summed E-state index contributed by atoms with van der Waals surface area (Å²) in [6, 6.07) is 6.02. The SMILES string of the molecule is O=C(O)C(F)(F)F.O=C(O)C(F)(F)F.O=C(O)C(F)(F)F.c1cnc(N2CCCC3(CC2)CN(Cc2cccnc2)CCO3)nc1. The minimum Gasteiger partial charge on any atom is -0.475 e. The number of ether oxygens (including phenoxy) is 1. The lowest BCUT2D eigenvalue weighted by molar-refractivity contribution is -0.193. The normalized spacial score (nSPS) is 18.8. The highest BCUT2D eigenvalue weighted by Crippen LogP contribution is 2.31. The van der Waals surface area contributed by atoms with Gasteiger partial charge in [0.1, 0.15) is 0 Å². The molecule has 12 nitrogen and oxygen atoms in total. The number of alkyl halides is 9. The van der Waals surface area contributed by atoms with Crippen molar-refractivity contribution in [3.8, 4) is 0 Å². The fourth-order valence-corrected chi connectivity index (χ4v) is 3.93. The molecular formula is C25H28F9N5O7. The number of rotatable bonds is 3. The number of carboxylic acids is 3. The Balaban J connectivity index is 0.000000413. The number of aromatic nitrogens is 3. The first-order valence-electron chi connectivity index (χ1n) is 12.8. The Morgan fingerprint density at radius 2 is 1.30 bits per heavy atom. The van der Waals surface area contributed by atoms with Gasteiger partial charge in [-0.05, 0) is 37.0 Å². The third-order valence-corrected chi connectivity index (χ3v) is 5.92. The van der Waals surface area contributed by atoms with Crippen LogP contribution in [0, 0.1) is 0 Å². The summed E-state index contributed by atoms with van der Waals surface area (Å²) in [5.41, 5.74) is 1.23. The Bertz CT molecular complexity index is 1180. The maximum Gasteiger partial charge on any atom is 0.490 e. The molecule has 4 rings (SSSR count). The first-order chi connectivity index (χ1) is 21.2. The van der Waals surface area contributed by atoms with Crippen molar-refractivity contribution in [2.24, 2.45) is 0 Å². The van der Waals surface area contributed by atoms with Crippen LogP contribution in [-0.4, -0.2) is 110 Å². The Labute approximate surface area is 254 Å². The predicted molar refractivity (Wildman–Crippen MR) is 137 cm³/mol. The molecule has 258 valence electrons. The summed E-state index contributed by atoms with van der Waals surface area (Å²) in [6.07, 6.45) is -4.60. The number of anilines is 1. The zero-order chi connectivity index (χ0) is 35.2. The van der Waals surface area contributed by atoms with E-state index < -0.39 is 36.4 Å². The molecule has 2 aromatic heterocycles. The maximum atomic E-state index is 10.6. The predicted octanol–water partition coefficient (Wildman–Crippen LogP) is 4.03. The Morgan fingerprint density at radius 1 is 0.783 bits per heavy atom. The number of carboxylic acid groups (broad SMARTS) is 3. The van der Waals surface area contributed by atoms with Crippen LogP contribution in [0.5, 0.6) is 0 Å². The van der Waals surface area contributed by atoms with E-state index in [9.17, 15) is 39.5 Å². The van der Waals surface area contributed by atoms with Crippen molar-refractivity contribution in [3.63, 3.8) is 0 Å². The number of hydrogen-bond acceptors (Lipinski definition) is 9. The fourth-order valence-electron chi connectivity index (χ4n) is 3.93. The van der Waals surface area contributed by atoms with Crippen LogP contribution in [0.4, 0.5) is 45.5 Å². The van der Waals surface area contributed by atoms with E-state index in [2.05, 4.69) is 30.8 Å². The average molecular weight is 682 g/mol. The standard InChI is InChI=1S/C19H25N5O.3C2HF3O2/c1-4-17(14-20-7-1)15-23-12-13-25-19(16-23)5-2-10-24(11-6-19)18-21-8-3-9-22-18;3*3-2(4,5)1(6)7/h1,3-4,7-9,14H,2,5-6,10-13,15-16H2;3*(H,6,7). The molecule has 1 spiro atoms. The zero-order valence-electron chi connectivity index (χ0n) is 23.5. The minimum absolute atomic E-state index is 0.0377. The number of morpholine rings is 1. The van der Waals surface area contributed by atoms with Gasteiger partial charge in [0, 0.05) is 57.5 Å². The van der Waals surface area contributed by atoms with E-state index in [1.165, 1.54) is 5.56 Å². The third kappa shape index (κ3) is 15.1. The highest BCUT2D eigenvalue weighted by atomic mass is 19.4. The summed E-state index contributed by atoms with van der Waals surface area (Å²) in [5, 5.41) is 21.4. The Hall–Kier alpha value is -4.27. The molecule has 1 atom stereocenters. The smallest absolute Gasteiger partial charge is 0.475 e. The molecule has 0 radical (unpaired) electrons. The number of aliphatic carboxylic acids is 3. The van der Waals surface area contributed by atoms with Crippen LogP contribution in [0.15, 0.2) is 43.0 Å². The molecule has 0 bridgehead atoms. The van der Waals surface area contributed by atoms with Gasteiger partial charge in [-0.25, -0.2) is 24.4 Å². The second-order valence-electron chi connectivity index (χ2n) is 9.40. The van der Waals surface area contributed by atoms with Gasteiger partial charge >= 0.3 is 36.4 Å². The zero-order valence-corrected chi connectivity index (χ0v) is 23.5. The van der Waals surface area contributed by atoms with Crippen LogP contribution in [0.25, 0.3) is 0 Å². The molecule has 2 aliphatic rings. The van der Waals surface area contributed by atoms with Crippen molar-refractivity contribution in [1.29, 1.82) is 0 Å². The summed E-state index contributed by atoms with van der Waals surface area (Å²) < 4.78 is 102. The quantitative estimate of drug-likeness (QED) is 0.399. The largest absolute Gasteiger partial charge is 0.490 e. The molecule has 21 heteroatoms. The van der Waals surface area contributed by atoms with E-state index in [-0.39, 0.29) is 5.60 Å². The molecule has 1 unspecified atom stereocenters. The van der Waals surface area contributed by atoms with Gasteiger partial charge in [0.25, 0.3) is 0 Å². The molecular weight excluding hydrogens is 653 g/mol. The van der Waals surface area contributed by atoms with Gasteiger partial charge in [-0.1, -0.05) is 6.07 Å². The molecule has 2 saturated heterocycles. The monoisotopic (exact) mass is 681 g/mol. The van der Waals surface area contributed by atoms with E-state index in [0.717, 1.165) is 64.5 Å². The minimum atomic E-state index is -5.08. The number of hydrogen-bond donors (Lipinski definition) is 3. The Morgan fingerprint density at radius 3 is 1.76 bits per heavy atom. The average Bonchev–Trinajstić information content (AvgIpc) is 3.16. The lowest BCUT2D eigenvalue weighted by Gasteiger charge is -2.42. The summed E-state index contributed by atoms with van der Waals surface area (Å²) in [7, 11) is 0.